The van der Waals surface area contributed by atoms with E-state index in [0.29, 0.717) is 5.70 Å². The summed E-state index contributed by atoms with van der Waals surface area (Å²) in [5.74, 6) is -0.500. The number of anilines is 1. The number of cyclic esters (lactones) is 1. The molecule has 90 valence electrons. The largest absolute Gasteiger partial charge is 0.456 e. The Morgan fingerprint density at radius 1 is 1.29 bits per heavy atom. The van der Waals surface area contributed by atoms with E-state index in [-0.39, 0.29) is 12.3 Å². The second-order valence-corrected chi connectivity index (χ2v) is 3.48. The quantitative estimate of drug-likeness (QED) is 0.811. The third-order valence-corrected chi connectivity index (χ3v) is 2.16. The maximum atomic E-state index is 12.4. The second-order valence-electron chi connectivity index (χ2n) is 3.48. The van der Waals surface area contributed by atoms with Crippen molar-refractivity contribution >= 4 is 11.7 Å². The van der Waals surface area contributed by atoms with Gasteiger partial charge in [0.15, 0.2) is 0 Å². The van der Waals surface area contributed by atoms with Crippen LogP contribution >= 0.6 is 0 Å². The number of hydrogen-bond acceptors (Lipinski definition) is 3. The van der Waals surface area contributed by atoms with Crippen LogP contribution in [0.1, 0.15) is 5.56 Å². The number of esters is 1. The molecule has 1 aromatic rings. The average Bonchev–Trinajstić information content (AvgIpc) is 2.63. The molecule has 6 heteroatoms. The first-order valence-corrected chi connectivity index (χ1v) is 4.77. The predicted octanol–water partition coefficient (Wildman–Crippen LogP) is 2.56. The van der Waals surface area contributed by atoms with E-state index in [1.807, 2.05) is 0 Å². The second kappa shape index (κ2) is 4.12. The highest BCUT2D eigenvalue weighted by Crippen LogP contribution is 2.31. The molecule has 0 aliphatic carbocycles. The van der Waals surface area contributed by atoms with Gasteiger partial charge in [-0.15, -0.1) is 0 Å². The Kier molecular flexibility index (Phi) is 2.79. The summed E-state index contributed by atoms with van der Waals surface area (Å²) in [6.45, 7) is 0.0507. The van der Waals surface area contributed by atoms with Crippen molar-refractivity contribution in [2.75, 3.05) is 11.9 Å². The SMILES string of the molecule is O=C1C=C(Nc2cccc(C(F)(F)F)c2)CO1. The molecule has 0 bridgehead atoms. The molecule has 1 aromatic carbocycles. The van der Waals surface area contributed by atoms with E-state index in [9.17, 15) is 18.0 Å². The van der Waals surface area contributed by atoms with E-state index in [2.05, 4.69) is 10.1 Å². The molecule has 1 aliphatic rings. The normalized spacial score (nSPS) is 15.5. The van der Waals surface area contributed by atoms with Crippen LogP contribution < -0.4 is 5.32 Å². The zero-order valence-electron chi connectivity index (χ0n) is 8.54. The van der Waals surface area contributed by atoms with Crippen LogP contribution in [0.15, 0.2) is 36.0 Å². The maximum Gasteiger partial charge on any atom is 0.416 e. The van der Waals surface area contributed by atoms with Crippen molar-refractivity contribution in [2.24, 2.45) is 0 Å². The predicted molar refractivity (Wildman–Crippen MR) is 54.1 cm³/mol. The highest BCUT2D eigenvalue weighted by molar-refractivity contribution is 5.86. The number of nitrogens with one attached hydrogen (secondary N) is 1. The molecule has 0 saturated carbocycles. The smallest absolute Gasteiger partial charge is 0.416 e. The number of carbonyl (C=O) groups is 1. The van der Waals surface area contributed by atoms with Gasteiger partial charge in [0, 0.05) is 11.8 Å². The Labute approximate surface area is 94.9 Å². The van der Waals surface area contributed by atoms with Crippen LogP contribution in [0.4, 0.5) is 18.9 Å². The van der Waals surface area contributed by atoms with Gasteiger partial charge < -0.3 is 10.1 Å². The summed E-state index contributed by atoms with van der Waals surface area (Å²) < 4.78 is 41.9. The Bertz CT molecular complexity index is 480. The first-order valence-electron chi connectivity index (χ1n) is 4.77. The van der Waals surface area contributed by atoms with Gasteiger partial charge in [-0.1, -0.05) is 6.07 Å². The summed E-state index contributed by atoms with van der Waals surface area (Å²) in [6.07, 6.45) is -3.17. The topological polar surface area (TPSA) is 38.3 Å². The first kappa shape index (κ1) is 11.5. The van der Waals surface area contributed by atoms with Gasteiger partial charge >= 0.3 is 12.1 Å². The van der Waals surface area contributed by atoms with Gasteiger partial charge in [-0.3, -0.25) is 0 Å². The summed E-state index contributed by atoms with van der Waals surface area (Å²) in [5.41, 5.74) is -0.0351. The molecule has 0 spiro atoms. The minimum absolute atomic E-state index is 0.0507. The van der Waals surface area contributed by atoms with Crippen molar-refractivity contribution in [3.8, 4) is 0 Å². The molecule has 0 amide bonds. The summed E-state index contributed by atoms with van der Waals surface area (Å²) >= 11 is 0. The Hall–Kier alpha value is -1.98. The molecule has 0 atom stereocenters. The molecule has 1 heterocycles. The number of carbonyl (C=O) groups excluding carboxylic acids is 1. The van der Waals surface area contributed by atoms with E-state index in [0.717, 1.165) is 12.1 Å². The molecule has 1 N–H and O–H groups in total. The van der Waals surface area contributed by atoms with Crippen LogP contribution in [0, 0.1) is 0 Å². The fourth-order valence-electron chi connectivity index (χ4n) is 1.41. The Morgan fingerprint density at radius 3 is 2.65 bits per heavy atom. The highest BCUT2D eigenvalue weighted by Gasteiger charge is 2.30. The van der Waals surface area contributed by atoms with Crippen molar-refractivity contribution in [2.45, 2.75) is 6.18 Å². The van der Waals surface area contributed by atoms with Gasteiger partial charge in [0.05, 0.1) is 11.3 Å². The molecule has 1 aliphatic heterocycles. The molecular weight excluding hydrogens is 235 g/mol. The van der Waals surface area contributed by atoms with E-state index in [1.54, 1.807) is 0 Å². The first-order chi connectivity index (χ1) is 7.95. The van der Waals surface area contributed by atoms with Crippen molar-refractivity contribution in [1.82, 2.24) is 0 Å². The monoisotopic (exact) mass is 243 g/mol. The lowest BCUT2D eigenvalue weighted by atomic mass is 10.2. The Balaban J connectivity index is 2.17. The van der Waals surface area contributed by atoms with E-state index >= 15 is 0 Å². The number of ether oxygens (including phenoxy) is 1. The van der Waals surface area contributed by atoms with Gasteiger partial charge in [0.2, 0.25) is 0 Å². The zero-order chi connectivity index (χ0) is 12.5. The van der Waals surface area contributed by atoms with Gasteiger partial charge in [-0.25, -0.2) is 4.79 Å². The van der Waals surface area contributed by atoms with Gasteiger partial charge in [0.25, 0.3) is 0 Å². The molecule has 0 fully saturated rings. The van der Waals surface area contributed by atoms with E-state index in [4.69, 9.17) is 0 Å². The highest BCUT2D eigenvalue weighted by atomic mass is 19.4. The lowest BCUT2D eigenvalue weighted by molar-refractivity contribution is -0.137. The van der Waals surface area contributed by atoms with E-state index in [1.165, 1.54) is 18.2 Å². The van der Waals surface area contributed by atoms with E-state index < -0.39 is 17.7 Å². The summed E-state index contributed by atoms with van der Waals surface area (Å²) in [7, 11) is 0. The van der Waals surface area contributed by atoms with Crippen molar-refractivity contribution < 1.29 is 22.7 Å². The number of alkyl halides is 3. The minimum Gasteiger partial charge on any atom is -0.456 e. The molecule has 0 radical (unpaired) electrons. The number of rotatable bonds is 2. The molecule has 0 saturated heterocycles. The van der Waals surface area contributed by atoms with Crippen molar-refractivity contribution in [3.63, 3.8) is 0 Å². The average molecular weight is 243 g/mol. The van der Waals surface area contributed by atoms with Crippen LogP contribution in [-0.4, -0.2) is 12.6 Å². The number of benzene rings is 1. The maximum absolute atomic E-state index is 12.4. The van der Waals surface area contributed by atoms with Crippen molar-refractivity contribution in [1.29, 1.82) is 0 Å². The van der Waals surface area contributed by atoms with Crippen LogP contribution in [0.2, 0.25) is 0 Å². The van der Waals surface area contributed by atoms with Crippen molar-refractivity contribution in [3.05, 3.63) is 41.6 Å². The summed E-state index contributed by atoms with van der Waals surface area (Å²) in [5, 5.41) is 2.70. The van der Waals surface area contributed by atoms with Crippen LogP contribution in [0.25, 0.3) is 0 Å². The fourth-order valence-corrected chi connectivity index (χ4v) is 1.41. The van der Waals surface area contributed by atoms with Gasteiger partial charge in [-0.2, -0.15) is 13.2 Å². The molecule has 3 nitrogen and oxygen atoms in total. The third kappa shape index (κ3) is 2.77. The lowest BCUT2D eigenvalue weighted by Gasteiger charge is -2.10. The van der Waals surface area contributed by atoms with Crippen LogP contribution in [0.5, 0.6) is 0 Å². The summed E-state index contributed by atoms with van der Waals surface area (Å²) in [6, 6.07) is 4.74. The third-order valence-electron chi connectivity index (χ3n) is 2.16. The van der Waals surface area contributed by atoms with Gasteiger partial charge in [-0.05, 0) is 18.2 Å². The standard InChI is InChI=1S/C11H8F3NO2/c12-11(13,14)7-2-1-3-8(4-7)15-9-5-10(16)17-6-9/h1-5,15H,6H2. The molecular formula is C11H8F3NO2. The Morgan fingerprint density at radius 2 is 2.06 bits per heavy atom. The zero-order valence-corrected chi connectivity index (χ0v) is 8.54. The minimum atomic E-state index is -4.38. The van der Waals surface area contributed by atoms with Gasteiger partial charge in [0.1, 0.15) is 6.61 Å². The van der Waals surface area contributed by atoms with Crippen LogP contribution in [0.3, 0.4) is 0 Å². The summed E-state index contributed by atoms with van der Waals surface area (Å²) in [4.78, 5) is 10.8. The number of halogens is 3. The lowest BCUT2D eigenvalue weighted by Crippen LogP contribution is -2.06. The molecule has 2 rings (SSSR count). The molecule has 17 heavy (non-hydrogen) atoms. The number of hydrogen-bond donors (Lipinski definition) is 1. The fraction of sp³-hybridized carbons (Fsp3) is 0.182. The molecule has 0 unspecified atom stereocenters. The van der Waals surface area contributed by atoms with Crippen LogP contribution in [-0.2, 0) is 15.7 Å². The molecule has 0 aromatic heterocycles.